The SMILES string of the molecule is CC(=O)C1CC2CC1C1C3CC(C(C)C3C3C(=O)OC(=O)C3CCC(C)(C)C(=O)OC3(C)CC4CC3C3CCCC43)C21. The standard InChI is InChI=1S/C36H50O6/c1-16-23-14-26(30-25-12-18(29(23)30)11-24(25)17(2)37)28(16)31-22(32(38)41-33(31)39)9-10-35(3,4)34(40)42-36(5)15-19-13-27(36)21-8-6-7-20(19)21/h16,18-31H,6-15H2,1-5H3. The van der Waals surface area contributed by atoms with Gasteiger partial charge in [0.05, 0.1) is 17.3 Å². The van der Waals surface area contributed by atoms with Crippen LogP contribution >= 0.6 is 0 Å². The molecule has 0 N–H and O–H groups in total. The Morgan fingerprint density at radius 2 is 1.67 bits per heavy atom. The van der Waals surface area contributed by atoms with Crippen LogP contribution in [0.5, 0.6) is 0 Å². The van der Waals surface area contributed by atoms with Gasteiger partial charge in [0.25, 0.3) is 0 Å². The molecule has 0 amide bonds. The summed E-state index contributed by atoms with van der Waals surface area (Å²) >= 11 is 0. The minimum atomic E-state index is -0.735. The van der Waals surface area contributed by atoms with Gasteiger partial charge >= 0.3 is 17.9 Å². The van der Waals surface area contributed by atoms with Gasteiger partial charge in [-0.15, -0.1) is 0 Å². The molecule has 0 aromatic heterocycles. The average Bonchev–Trinajstić information content (AvgIpc) is 3.75. The van der Waals surface area contributed by atoms with Gasteiger partial charge in [-0.05, 0) is 151 Å². The minimum Gasteiger partial charge on any atom is -0.459 e. The molecule has 6 bridgehead atoms. The van der Waals surface area contributed by atoms with E-state index in [2.05, 4.69) is 13.8 Å². The van der Waals surface area contributed by atoms with Crippen LogP contribution in [-0.4, -0.2) is 29.3 Å². The average molecular weight is 579 g/mol. The zero-order valence-electron chi connectivity index (χ0n) is 26.2. The van der Waals surface area contributed by atoms with Crippen LogP contribution in [-0.2, 0) is 28.7 Å². The lowest BCUT2D eigenvalue weighted by atomic mass is 9.57. The quantitative estimate of drug-likeness (QED) is 0.202. The van der Waals surface area contributed by atoms with E-state index in [1.54, 1.807) is 6.92 Å². The highest BCUT2D eigenvalue weighted by Gasteiger charge is 2.70. The fraction of sp³-hybridized carbons (Fsp3) is 0.889. The number of carbonyl (C=O) groups excluding carboxylic acids is 4. The molecule has 6 nitrogen and oxygen atoms in total. The number of ketones is 1. The molecule has 8 aliphatic rings. The van der Waals surface area contributed by atoms with Crippen LogP contribution in [0.3, 0.4) is 0 Å². The highest BCUT2D eigenvalue weighted by Crippen LogP contribution is 2.73. The summed E-state index contributed by atoms with van der Waals surface area (Å²) in [6.45, 7) is 10.1. The molecule has 16 atom stereocenters. The Balaban J connectivity index is 0.965. The molecule has 0 aromatic carbocycles. The molecule has 6 heteroatoms. The third kappa shape index (κ3) is 3.68. The first-order chi connectivity index (χ1) is 19.9. The van der Waals surface area contributed by atoms with Crippen molar-refractivity contribution in [2.45, 2.75) is 104 Å². The van der Waals surface area contributed by atoms with E-state index in [1.165, 1.54) is 32.1 Å². The molecule has 0 radical (unpaired) electrons. The van der Waals surface area contributed by atoms with E-state index in [-0.39, 0.29) is 29.4 Å². The van der Waals surface area contributed by atoms with E-state index in [1.807, 2.05) is 13.8 Å². The Kier molecular flexibility index (Phi) is 6.06. The summed E-state index contributed by atoms with van der Waals surface area (Å²) in [6, 6.07) is 0. The molecule has 1 heterocycles. The summed E-state index contributed by atoms with van der Waals surface area (Å²) < 4.78 is 11.8. The number of ether oxygens (including phenoxy) is 2. The third-order valence-electron chi connectivity index (χ3n) is 15.3. The number of Topliss-reactive ketones (excluding diaryl/α,β-unsaturated/α-hetero) is 1. The van der Waals surface area contributed by atoms with Crippen LogP contribution in [0.4, 0.5) is 0 Å². The van der Waals surface area contributed by atoms with Crippen molar-refractivity contribution in [3.05, 3.63) is 0 Å². The number of esters is 3. The smallest absolute Gasteiger partial charge is 0.317 e. The maximum absolute atomic E-state index is 13.7. The fourth-order valence-electron chi connectivity index (χ4n) is 13.8. The second kappa shape index (κ2) is 9.16. The number of hydrogen-bond donors (Lipinski definition) is 0. The number of rotatable bonds is 7. The second-order valence-electron chi connectivity index (χ2n) is 17.3. The number of carbonyl (C=O) groups is 4. The van der Waals surface area contributed by atoms with Gasteiger partial charge in [-0.25, -0.2) is 0 Å². The Morgan fingerprint density at radius 1 is 0.905 bits per heavy atom. The van der Waals surface area contributed by atoms with E-state index in [0.29, 0.717) is 77.8 Å². The zero-order chi connectivity index (χ0) is 29.5. The van der Waals surface area contributed by atoms with Gasteiger partial charge in [0, 0.05) is 11.8 Å². The van der Waals surface area contributed by atoms with Crippen molar-refractivity contribution in [3.8, 4) is 0 Å². The van der Waals surface area contributed by atoms with E-state index in [0.717, 1.165) is 25.2 Å². The summed E-state index contributed by atoms with van der Waals surface area (Å²) in [6.07, 6.45) is 10.5. The van der Waals surface area contributed by atoms with Gasteiger partial charge in [0.15, 0.2) is 0 Å². The number of hydrogen-bond acceptors (Lipinski definition) is 6. The predicted octanol–water partition coefficient (Wildman–Crippen LogP) is 6.25. The Morgan fingerprint density at radius 3 is 2.43 bits per heavy atom. The lowest BCUT2D eigenvalue weighted by molar-refractivity contribution is -0.178. The molecule has 230 valence electrons. The topological polar surface area (TPSA) is 86.7 Å². The normalized spacial score (nSPS) is 53.1. The zero-order valence-corrected chi connectivity index (χ0v) is 26.2. The fourth-order valence-corrected chi connectivity index (χ4v) is 13.8. The number of cyclic esters (lactones) is 2. The van der Waals surface area contributed by atoms with Crippen molar-refractivity contribution in [3.63, 3.8) is 0 Å². The van der Waals surface area contributed by atoms with Gasteiger partial charge in [-0.1, -0.05) is 13.3 Å². The maximum Gasteiger partial charge on any atom is 0.317 e. The Hall–Kier alpha value is -1.72. The van der Waals surface area contributed by atoms with Crippen LogP contribution < -0.4 is 0 Å². The lowest BCUT2D eigenvalue weighted by Gasteiger charge is -2.45. The predicted molar refractivity (Wildman–Crippen MR) is 154 cm³/mol. The van der Waals surface area contributed by atoms with E-state index < -0.39 is 23.2 Å². The molecule has 0 aromatic rings. The molecule has 8 fully saturated rings. The van der Waals surface area contributed by atoms with E-state index in [9.17, 15) is 19.2 Å². The van der Waals surface area contributed by atoms with E-state index in [4.69, 9.17) is 9.47 Å². The summed E-state index contributed by atoms with van der Waals surface area (Å²) in [4.78, 5) is 52.7. The molecule has 42 heavy (non-hydrogen) atoms. The summed E-state index contributed by atoms with van der Waals surface area (Å²) in [7, 11) is 0. The van der Waals surface area contributed by atoms with Crippen LogP contribution in [0.25, 0.3) is 0 Å². The molecule has 1 saturated heterocycles. The van der Waals surface area contributed by atoms with Crippen LogP contribution in [0.2, 0.25) is 0 Å². The molecule has 0 spiro atoms. The maximum atomic E-state index is 13.7. The van der Waals surface area contributed by atoms with Crippen molar-refractivity contribution in [2.75, 3.05) is 0 Å². The van der Waals surface area contributed by atoms with Gasteiger partial charge < -0.3 is 9.47 Å². The molecule has 16 unspecified atom stereocenters. The summed E-state index contributed by atoms with van der Waals surface area (Å²) in [5, 5.41) is 0. The summed E-state index contributed by atoms with van der Waals surface area (Å²) in [5.41, 5.74) is -1.11. The van der Waals surface area contributed by atoms with E-state index >= 15 is 0 Å². The van der Waals surface area contributed by atoms with Crippen molar-refractivity contribution in [1.82, 2.24) is 0 Å². The molecular weight excluding hydrogens is 528 g/mol. The second-order valence-corrected chi connectivity index (χ2v) is 17.3. The lowest BCUT2D eigenvalue weighted by Crippen LogP contribution is -2.46. The molecule has 8 rings (SSSR count). The van der Waals surface area contributed by atoms with Gasteiger partial charge in [0.1, 0.15) is 11.4 Å². The first-order valence-electron chi connectivity index (χ1n) is 17.4. The van der Waals surface area contributed by atoms with Gasteiger partial charge in [-0.2, -0.15) is 0 Å². The van der Waals surface area contributed by atoms with Crippen LogP contribution in [0, 0.1) is 94.2 Å². The number of fused-ring (bicyclic) bond motifs is 14. The van der Waals surface area contributed by atoms with Gasteiger partial charge in [0.2, 0.25) is 0 Å². The molecule has 1 aliphatic heterocycles. The molecule has 7 saturated carbocycles. The van der Waals surface area contributed by atoms with Crippen LogP contribution in [0.15, 0.2) is 0 Å². The Bertz CT molecular complexity index is 1220. The first kappa shape index (κ1) is 27.8. The van der Waals surface area contributed by atoms with Crippen molar-refractivity contribution < 1.29 is 28.7 Å². The minimum absolute atomic E-state index is 0.134. The summed E-state index contributed by atoms with van der Waals surface area (Å²) in [5.74, 6) is 5.25. The Labute approximate surface area is 250 Å². The molecule has 7 aliphatic carbocycles. The molecular formula is C36H50O6. The third-order valence-corrected chi connectivity index (χ3v) is 15.3. The monoisotopic (exact) mass is 578 g/mol. The first-order valence-corrected chi connectivity index (χ1v) is 17.4. The van der Waals surface area contributed by atoms with Crippen molar-refractivity contribution >= 4 is 23.7 Å². The van der Waals surface area contributed by atoms with Gasteiger partial charge in [-0.3, -0.25) is 19.2 Å². The highest BCUT2D eigenvalue weighted by molar-refractivity contribution is 5.96. The van der Waals surface area contributed by atoms with Crippen molar-refractivity contribution in [2.24, 2.45) is 94.2 Å². The van der Waals surface area contributed by atoms with Crippen molar-refractivity contribution in [1.29, 1.82) is 0 Å². The largest absolute Gasteiger partial charge is 0.459 e. The highest BCUT2D eigenvalue weighted by atomic mass is 16.6. The van der Waals surface area contributed by atoms with Crippen LogP contribution in [0.1, 0.15) is 98.8 Å².